The third kappa shape index (κ3) is 6.09. The van der Waals surface area contributed by atoms with Gasteiger partial charge >= 0.3 is 0 Å². The number of hydrogen-bond acceptors (Lipinski definition) is 7. The van der Waals surface area contributed by atoms with Crippen LogP contribution in [0.2, 0.25) is 0 Å². The molecule has 3 unspecified atom stereocenters. The zero-order chi connectivity index (χ0) is 28.3. The Labute approximate surface area is 237 Å². The highest BCUT2D eigenvalue weighted by atomic mass is 19.1. The molecule has 1 aromatic carbocycles. The van der Waals surface area contributed by atoms with Gasteiger partial charge in [-0.25, -0.2) is 18.7 Å². The Morgan fingerprint density at radius 1 is 1.22 bits per heavy atom. The summed E-state index contributed by atoms with van der Waals surface area (Å²) in [7, 11) is 0. The lowest BCUT2D eigenvalue weighted by Gasteiger charge is -2.36. The molecule has 41 heavy (non-hydrogen) atoms. The Balaban J connectivity index is 1.09. The van der Waals surface area contributed by atoms with Crippen molar-refractivity contribution < 1.29 is 13.5 Å². The van der Waals surface area contributed by atoms with Gasteiger partial charge in [-0.2, -0.15) is 10.4 Å². The summed E-state index contributed by atoms with van der Waals surface area (Å²) in [5, 5.41) is 14.9. The van der Waals surface area contributed by atoms with E-state index in [1.807, 2.05) is 29.4 Å². The highest BCUT2D eigenvalue weighted by Gasteiger charge is 2.32. The number of fused-ring (bicyclic) bond motifs is 1. The number of H-pyrrole nitrogens is 1. The fraction of sp³-hybridized carbons (Fsp3) is 0.467. The van der Waals surface area contributed by atoms with Gasteiger partial charge in [0.15, 0.2) is 0 Å². The Morgan fingerprint density at radius 3 is 2.93 bits per heavy atom. The van der Waals surface area contributed by atoms with Crippen LogP contribution >= 0.6 is 0 Å². The first-order chi connectivity index (χ1) is 20.0. The first-order valence-electron chi connectivity index (χ1n) is 14.2. The van der Waals surface area contributed by atoms with E-state index in [1.54, 1.807) is 10.9 Å². The van der Waals surface area contributed by atoms with E-state index in [2.05, 4.69) is 37.9 Å². The zero-order valence-electron chi connectivity index (χ0n) is 23.1. The van der Waals surface area contributed by atoms with Crippen molar-refractivity contribution in [3.05, 3.63) is 60.6 Å². The van der Waals surface area contributed by atoms with Gasteiger partial charge in [0.05, 0.1) is 30.4 Å². The monoisotopic (exact) mass is 560 g/mol. The largest absolute Gasteiger partial charge is 0.487 e. The molecule has 4 atom stereocenters. The number of nitrogens with zero attached hydrogens (tertiary/aromatic N) is 7. The smallest absolute Gasteiger partial charge is 0.149 e. The van der Waals surface area contributed by atoms with Gasteiger partial charge in [0.2, 0.25) is 0 Å². The maximum absolute atomic E-state index is 15.4. The molecule has 11 heteroatoms. The Bertz CT molecular complexity index is 1530. The van der Waals surface area contributed by atoms with Crippen LogP contribution in [0.3, 0.4) is 0 Å². The minimum absolute atomic E-state index is 0.171. The summed E-state index contributed by atoms with van der Waals surface area (Å²) < 4.78 is 37.6. The number of aromatic nitrogens is 5. The molecule has 2 aliphatic heterocycles. The summed E-state index contributed by atoms with van der Waals surface area (Å²) in [6.45, 7) is 5.10. The molecule has 0 amide bonds. The van der Waals surface area contributed by atoms with Crippen LogP contribution in [0.25, 0.3) is 22.3 Å². The molecular formula is C30H34F2N8O. The van der Waals surface area contributed by atoms with E-state index in [1.165, 1.54) is 18.5 Å². The van der Waals surface area contributed by atoms with Crippen molar-refractivity contribution in [3.8, 4) is 23.1 Å². The molecule has 0 radical (unpaired) electrons. The lowest BCUT2D eigenvalue weighted by molar-refractivity contribution is 0.0167. The number of piperidine rings is 1. The van der Waals surface area contributed by atoms with Crippen LogP contribution in [0.15, 0.2) is 49.2 Å². The van der Waals surface area contributed by atoms with E-state index in [9.17, 15) is 9.65 Å². The van der Waals surface area contributed by atoms with Crippen LogP contribution in [0.1, 0.15) is 44.2 Å². The number of hydrogen-bond donors (Lipinski definition) is 1. The second-order valence-electron chi connectivity index (χ2n) is 11.2. The molecular weight excluding hydrogens is 526 g/mol. The number of likely N-dealkylation sites (tertiary alicyclic amines) is 2. The van der Waals surface area contributed by atoms with Crippen molar-refractivity contribution in [3.63, 3.8) is 0 Å². The van der Waals surface area contributed by atoms with Crippen LogP contribution in [-0.2, 0) is 6.54 Å². The van der Waals surface area contributed by atoms with Crippen molar-refractivity contribution >= 4 is 11.0 Å². The number of alkyl halides is 1. The number of rotatable bonds is 9. The van der Waals surface area contributed by atoms with Crippen molar-refractivity contribution in [1.29, 1.82) is 5.26 Å². The predicted molar refractivity (Wildman–Crippen MR) is 150 cm³/mol. The van der Waals surface area contributed by atoms with E-state index in [0.717, 1.165) is 47.2 Å². The molecule has 0 spiro atoms. The van der Waals surface area contributed by atoms with Crippen molar-refractivity contribution in [1.82, 2.24) is 34.5 Å². The summed E-state index contributed by atoms with van der Waals surface area (Å²) in [5.74, 6) is 0.00923. The Kier molecular flexibility index (Phi) is 7.94. The van der Waals surface area contributed by atoms with Gasteiger partial charge in [-0.1, -0.05) is 0 Å². The maximum atomic E-state index is 15.4. The average Bonchev–Trinajstić information content (AvgIpc) is 3.71. The van der Waals surface area contributed by atoms with Gasteiger partial charge in [0, 0.05) is 61.6 Å². The SMILES string of the molecule is C[C@@H]1CCCN1Cc1cc(F)cc(OC2CCN(CC(CC#N)n3cc(-c4ncnc5[nH]ccc45)cn3)CC2F)c1. The predicted octanol–water partition coefficient (Wildman–Crippen LogP) is 4.89. The second-order valence-corrected chi connectivity index (χ2v) is 11.2. The minimum Gasteiger partial charge on any atom is -0.487 e. The summed E-state index contributed by atoms with van der Waals surface area (Å²) in [6.07, 6.45) is 8.03. The van der Waals surface area contributed by atoms with Crippen LogP contribution in [0, 0.1) is 17.1 Å². The maximum Gasteiger partial charge on any atom is 0.149 e. The van der Waals surface area contributed by atoms with Crippen LogP contribution in [0.5, 0.6) is 5.75 Å². The summed E-state index contributed by atoms with van der Waals surface area (Å²) in [5.41, 5.74) is 3.17. The molecule has 0 saturated carbocycles. The summed E-state index contributed by atoms with van der Waals surface area (Å²) in [4.78, 5) is 16.1. The molecule has 214 valence electrons. The van der Waals surface area contributed by atoms with Crippen molar-refractivity contribution in [2.24, 2.45) is 0 Å². The lowest BCUT2D eigenvalue weighted by Crippen LogP contribution is -2.48. The number of halogens is 2. The van der Waals surface area contributed by atoms with E-state index in [0.29, 0.717) is 37.8 Å². The van der Waals surface area contributed by atoms with Gasteiger partial charge in [-0.05, 0) is 56.5 Å². The van der Waals surface area contributed by atoms with Crippen molar-refractivity contribution in [2.75, 3.05) is 26.2 Å². The minimum atomic E-state index is -1.24. The molecule has 1 N–H and O–H groups in total. The second kappa shape index (κ2) is 11.9. The topological polar surface area (TPSA) is 98.9 Å². The van der Waals surface area contributed by atoms with Crippen LogP contribution in [-0.4, -0.2) is 79.0 Å². The molecule has 2 fully saturated rings. The van der Waals surface area contributed by atoms with Crippen molar-refractivity contribution in [2.45, 2.75) is 63.5 Å². The van der Waals surface area contributed by atoms with Gasteiger partial charge in [-0.15, -0.1) is 0 Å². The van der Waals surface area contributed by atoms with Crippen LogP contribution in [0.4, 0.5) is 8.78 Å². The molecule has 6 rings (SSSR count). The number of nitriles is 1. The zero-order valence-corrected chi connectivity index (χ0v) is 23.1. The first kappa shape index (κ1) is 27.3. The number of aromatic amines is 1. The van der Waals surface area contributed by atoms with E-state index in [-0.39, 0.29) is 24.8 Å². The van der Waals surface area contributed by atoms with Gasteiger partial charge in [-0.3, -0.25) is 14.5 Å². The summed E-state index contributed by atoms with van der Waals surface area (Å²) in [6, 6.07) is 9.10. The number of benzene rings is 1. The Morgan fingerprint density at radius 2 is 2.12 bits per heavy atom. The highest BCUT2D eigenvalue weighted by molar-refractivity contribution is 5.89. The average molecular weight is 561 g/mol. The third-order valence-corrected chi connectivity index (χ3v) is 8.26. The fourth-order valence-corrected chi connectivity index (χ4v) is 6.07. The summed E-state index contributed by atoms with van der Waals surface area (Å²) >= 11 is 0. The van der Waals surface area contributed by atoms with E-state index < -0.39 is 12.3 Å². The molecule has 2 saturated heterocycles. The quantitative estimate of drug-likeness (QED) is 0.311. The van der Waals surface area contributed by atoms with Gasteiger partial charge < -0.3 is 9.72 Å². The highest BCUT2D eigenvalue weighted by Crippen LogP contribution is 2.28. The molecule has 3 aromatic heterocycles. The molecule has 5 heterocycles. The molecule has 4 aromatic rings. The van der Waals surface area contributed by atoms with E-state index >= 15 is 4.39 Å². The molecule has 0 bridgehead atoms. The number of ether oxygens (including phenoxy) is 1. The fourth-order valence-electron chi connectivity index (χ4n) is 6.07. The van der Waals surface area contributed by atoms with Gasteiger partial charge in [0.1, 0.15) is 35.8 Å². The van der Waals surface area contributed by atoms with Gasteiger partial charge in [0.25, 0.3) is 0 Å². The molecule has 0 aliphatic carbocycles. The third-order valence-electron chi connectivity index (χ3n) is 8.26. The Hall–Kier alpha value is -3.88. The molecule has 2 aliphatic rings. The normalized spacial score (nSPS) is 22.6. The van der Waals surface area contributed by atoms with Crippen LogP contribution < -0.4 is 4.74 Å². The standard InChI is InChI=1S/C30H34F2N8O/c1-20-3-2-9-39(20)15-21-11-23(31)13-25(12-21)41-28-6-10-38(18-27(28)32)17-24(4-7-33)40-16-22(14-37-40)29-26-5-8-34-30(26)36-19-35-29/h5,8,11-14,16,19-20,24,27-28H,2-4,6,9-10,15,17-18H2,1H3,(H,34,35,36)/t20-,24?,27?,28?/m1/s1. The van der Waals surface area contributed by atoms with E-state index in [4.69, 9.17) is 4.74 Å². The molecule has 9 nitrogen and oxygen atoms in total. The number of nitrogens with one attached hydrogen (secondary N) is 1. The first-order valence-corrected chi connectivity index (χ1v) is 14.2. The lowest BCUT2D eigenvalue weighted by atomic mass is 10.0.